The maximum Gasteiger partial charge on any atom is 0.469 e. The summed E-state index contributed by atoms with van der Waals surface area (Å²) >= 11 is 0. The number of rotatable bonds is 5. The number of methoxy groups -OCH3 is 1. The Morgan fingerprint density at radius 1 is 1.19 bits per heavy atom. The van der Waals surface area contributed by atoms with Gasteiger partial charge in [-0.3, -0.25) is 4.79 Å². The number of carbonyl (C=O) groups is 1. The van der Waals surface area contributed by atoms with Crippen LogP contribution in [0.4, 0.5) is 11.6 Å². The number of fused-ring (bicyclic) bond motifs is 1. The number of hydrogen-bond acceptors (Lipinski definition) is 8. The maximum atomic E-state index is 12.9. The second-order valence-electron chi connectivity index (χ2n) is 8.75. The monoisotopic (exact) mass is 497 g/mol. The first kappa shape index (κ1) is 23.9. The predicted molar refractivity (Wildman–Crippen MR) is 140 cm³/mol. The fourth-order valence-electron chi connectivity index (χ4n) is 4.23. The smallest absolute Gasteiger partial charge is 0.469 e. The number of aromatic nitrogens is 3. The van der Waals surface area contributed by atoms with Gasteiger partial charge < -0.3 is 15.0 Å². The molecule has 5 heterocycles. The van der Waals surface area contributed by atoms with Gasteiger partial charge in [0.25, 0.3) is 11.7 Å². The van der Waals surface area contributed by atoms with Crippen molar-refractivity contribution in [3.63, 3.8) is 0 Å². The molecule has 186 valence electrons. The van der Waals surface area contributed by atoms with Gasteiger partial charge in [0.15, 0.2) is 5.82 Å². The highest BCUT2D eigenvalue weighted by atomic mass is 16.5. The Bertz CT molecular complexity index is 1480. The lowest BCUT2D eigenvalue weighted by molar-refractivity contribution is -0.0718. The van der Waals surface area contributed by atoms with Gasteiger partial charge in [-0.1, -0.05) is 11.7 Å². The minimum Gasteiger partial charge on any atom is -0.479 e. The number of allylic oxidation sites excluding steroid dienone is 1. The van der Waals surface area contributed by atoms with E-state index in [4.69, 9.17) is 4.74 Å². The Hall–Kier alpha value is -4.77. The summed E-state index contributed by atoms with van der Waals surface area (Å²) in [6.45, 7) is 5.98. The number of piperidine rings is 1. The lowest BCUT2D eigenvalue weighted by atomic mass is 10.1. The summed E-state index contributed by atoms with van der Waals surface area (Å²) in [5, 5.41) is 15.1. The first-order valence-electron chi connectivity index (χ1n) is 12.2. The van der Waals surface area contributed by atoms with Crippen LogP contribution in [-0.4, -0.2) is 68.9 Å². The zero-order valence-electron chi connectivity index (χ0n) is 21.0. The number of hydrogen-bond donors (Lipinski definition) is 1. The molecular weight excluding hydrogens is 470 g/mol. The molecule has 1 saturated heterocycles. The summed E-state index contributed by atoms with van der Waals surface area (Å²) < 4.78 is 9.68. The van der Waals surface area contributed by atoms with E-state index in [0.29, 0.717) is 22.8 Å². The normalized spacial score (nSPS) is 15.8. The number of nitrogens with one attached hydrogen (secondary N) is 1. The number of amides is 1. The summed E-state index contributed by atoms with van der Waals surface area (Å²) in [5.41, 5.74) is 2.77. The molecule has 37 heavy (non-hydrogen) atoms. The molecule has 0 aromatic carbocycles. The molecule has 5 rings (SSSR count). The van der Waals surface area contributed by atoms with E-state index in [-0.39, 0.29) is 17.6 Å². The zero-order valence-corrected chi connectivity index (χ0v) is 21.0. The van der Waals surface area contributed by atoms with Crippen LogP contribution in [0.3, 0.4) is 0 Å². The van der Waals surface area contributed by atoms with Gasteiger partial charge in [-0.2, -0.15) is 0 Å². The number of aryl methyl sites for hydroxylation is 1. The summed E-state index contributed by atoms with van der Waals surface area (Å²) in [7, 11) is 1.48. The molecule has 0 bridgehead atoms. The molecule has 0 unspecified atom stereocenters. The van der Waals surface area contributed by atoms with Crippen LogP contribution in [0.5, 0.6) is 5.88 Å². The Morgan fingerprint density at radius 2 is 2.03 bits per heavy atom. The standard InChI is InChI=1S/C26H26N9O2/c1-4-20-14-23-32-31-22(35(23)16-28-20)9-8-18-13-21(30-33-26(18)37-3)29-25(36)19-12-17(2)24(27-15-19)34-10-6-5-7-11-34/h12-16H,4-7,10-11H2,1-3H3/q+1/p+1. The van der Waals surface area contributed by atoms with Crippen LogP contribution in [0.2, 0.25) is 0 Å². The highest BCUT2D eigenvalue weighted by Gasteiger charge is 2.35. The van der Waals surface area contributed by atoms with E-state index in [2.05, 4.69) is 51.8 Å². The SMILES string of the molecule is CCC1=[N+]=CN2C(=C1)N=[N+]=C2C#Cc1cc(NC(=O)c2cnc(N3CCCCC3)c(C)c2)nnc1OC. The van der Waals surface area contributed by atoms with Crippen molar-refractivity contribution in [3.05, 3.63) is 46.9 Å². The third-order valence-electron chi connectivity index (χ3n) is 6.19. The highest BCUT2D eigenvalue weighted by Crippen LogP contribution is 2.23. The van der Waals surface area contributed by atoms with Gasteiger partial charge in [0.1, 0.15) is 5.82 Å². The number of pyridine rings is 1. The molecule has 0 aliphatic carbocycles. The highest BCUT2D eigenvalue weighted by molar-refractivity contribution is 6.07. The number of carbonyl (C=O) groups excluding carboxylic acids is 1. The molecule has 3 aliphatic rings. The third-order valence-corrected chi connectivity index (χ3v) is 6.19. The molecule has 2 aromatic heterocycles. The molecule has 0 atom stereocenters. The predicted octanol–water partition coefficient (Wildman–Crippen LogP) is 1.96. The molecule has 0 spiro atoms. The van der Waals surface area contributed by atoms with Gasteiger partial charge >= 0.3 is 12.2 Å². The maximum absolute atomic E-state index is 12.9. The van der Waals surface area contributed by atoms with E-state index in [0.717, 1.165) is 49.4 Å². The van der Waals surface area contributed by atoms with Crippen LogP contribution in [0.25, 0.3) is 0 Å². The first-order valence-corrected chi connectivity index (χ1v) is 12.2. The van der Waals surface area contributed by atoms with Crippen LogP contribution in [0.15, 0.2) is 35.3 Å². The molecule has 3 aliphatic heterocycles. The van der Waals surface area contributed by atoms with Gasteiger partial charge in [0.05, 0.1) is 29.4 Å². The molecule has 1 fully saturated rings. The van der Waals surface area contributed by atoms with E-state index < -0.39 is 0 Å². The second kappa shape index (κ2) is 10.5. The molecule has 0 radical (unpaired) electrons. The van der Waals surface area contributed by atoms with Crippen molar-refractivity contribution >= 4 is 35.4 Å². The number of amidine groups is 1. The fourth-order valence-corrected chi connectivity index (χ4v) is 4.23. The van der Waals surface area contributed by atoms with Gasteiger partial charge in [0, 0.05) is 37.7 Å². The first-order chi connectivity index (χ1) is 18.1. The molecule has 1 N–H and O–H groups in total. The van der Waals surface area contributed by atoms with Gasteiger partial charge in [-0.05, 0) is 43.7 Å². The van der Waals surface area contributed by atoms with Gasteiger partial charge in [0.2, 0.25) is 11.6 Å². The van der Waals surface area contributed by atoms with E-state index in [9.17, 15) is 4.79 Å². The summed E-state index contributed by atoms with van der Waals surface area (Å²) in [5.74, 6) is 8.13. The summed E-state index contributed by atoms with van der Waals surface area (Å²) in [4.78, 5) is 25.6. The van der Waals surface area contributed by atoms with Crippen molar-refractivity contribution in [2.75, 3.05) is 30.4 Å². The van der Waals surface area contributed by atoms with E-state index in [1.54, 1.807) is 23.5 Å². The van der Waals surface area contributed by atoms with E-state index in [1.807, 2.05) is 26.0 Å². The second-order valence-corrected chi connectivity index (χ2v) is 8.75. The summed E-state index contributed by atoms with van der Waals surface area (Å²) in [6, 6.07) is 3.45. The van der Waals surface area contributed by atoms with E-state index in [1.165, 1.54) is 13.5 Å². The van der Waals surface area contributed by atoms with Gasteiger partial charge in [-0.25, -0.2) is 9.65 Å². The average molecular weight is 498 g/mol. The number of ether oxygens (including phenoxy) is 1. The van der Waals surface area contributed by atoms with Crippen LogP contribution < -0.4 is 19.6 Å². The molecule has 11 nitrogen and oxygen atoms in total. The Kier molecular flexibility index (Phi) is 6.77. The van der Waals surface area contributed by atoms with Crippen molar-refractivity contribution in [3.8, 4) is 17.7 Å². The van der Waals surface area contributed by atoms with Crippen LogP contribution in [0.1, 0.15) is 54.1 Å². The zero-order chi connectivity index (χ0) is 25.8. The number of nitrogens with zero attached hydrogens (tertiary/aromatic N) is 8. The number of anilines is 2. The fraction of sp³-hybridized carbons (Fsp3) is 0.346. The van der Waals surface area contributed by atoms with Crippen LogP contribution >= 0.6 is 0 Å². The van der Waals surface area contributed by atoms with Crippen molar-refractivity contribution < 1.29 is 14.3 Å². The van der Waals surface area contributed by atoms with Crippen molar-refractivity contribution in [1.29, 1.82) is 0 Å². The summed E-state index contributed by atoms with van der Waals surface area (Å²) in [6.07, 6.45) is 9.49. The molecule has 2 aromatic rings. The molecule has 1 amide bonds. The van der Waals surface area contributed by atoms with Crippen LogP contribution in [-0.2, 0) is 0 Å². The average Bonchev–Trinajstić information content (AvgIpc) is 3.34. The minimum absolute atomic E-state index is 0.231. The topological polar surface area (TPSA) is 124 Å². The van der Waals surface area contributed by atoms with Crippen molar-refractivity contribution in [1.82, 2.24) is 24.7 Å². The Labute approximate surface area is 214 Å². The van der Waals surface area contributed by atoms with Crippen molar-refractivity contribution in [2.24, 2.45) is 5.11 Å². The van der Waals surface area contributed by atoms with E-state index >= 15 is 0 Å². The quantitative estimate of drug-likeness (QED) is 0.495. The largest absolute Gasteiger partial charge is 0.479 e. The lowest BCUT2D eigenvalue weighted by Crippen LogP contribution is -2.31. The molecular formula is C26H27N9O2+2. The third kappa shape index (κ3) is 5.11. The minimum atomic E-state index is -0.333. The molecule has 11 heteroatoms. The Morgan fingerprint density at radius 3 is 2.78 bits per heavy atom. The molecule has 0 saturated carbocycles. The lowest BCUT2D eigenvalue weighted by Gasteiger charge is -2.29. The van der Waals surface area contributed by atoms with Crippen molar-refractivity contribution in [2.45, 2.75) is 39.5 Å². The van der Waals surface area contributed by atoms with Gasteiger partial charge in [-0.15, -0.1) is 15.1 Å². The van der Waals surface area contributed by atoms with Crippen LogP contribution in [0, 0.1) is 18.8 Å². The Balaban J connectivity index is 1.33.